The Kier molecular flexibility index (Phi) is 20.3. The zero-order chi connectivity index (χ0) is 11.8. The predicted molar refractivity (Wildman–Crippen MR) is 74.3 cm³/mol. The second-order valence-corrected chi connectivity index (χ2v) is 3.13. The molecule has 9 heteroatoms. The first-order valence-electron chi connectivity index (χ1n) is 4.53. The van der Waals surface area contributed by atoms with Crippen LogP contribution in [0.25, 0.3) is 0 Å². The second-order valence-electron chi connectivity index (χ2n) is 3.13. The summed E-state index contributed by atoms with van der Waals surface area (Å²) in [6.45, 7) is 1.46. The monoisotopic (exact) mass is 307 g/mol. The van der Waals surface area contributed by atoms with E-state index in [-0.39, 0.29) is 49.7 Å². The Morgan fingerprint density at radius 1 is 1.50 bits per heavy atom. The molecule has 18 heavy (non-hydrogen) atoms. The number of carboxylic acid groups (broad SMARTS) is 1. The number of carbonyl (C=O) groups is 1. The Morgan fingerprint density at radius 3 is 2.39 bits per heavy atom. The molecule has 0 heterocycles. The van der Waals surface area contributed by atoms with Gasteiger partial charge in [-0.1, -0.05) is 6.08 Å². The average Bonchev–Trinajstić information content (AvgIpc) is 2.14. The summed E-state index contributed by atoms with van der Waals surface area (Å²) in [6, 6.07) is -0.950. The SMILES string of the molecule is CC(N)=NC/C(F)=C\CC[C@@H](N)C(=O)O.Cl.Cl.O. The number of amidine groups is 1. The van der Waals surface area contributed by atoms with Gasteiger partial charge in [0.05, 0.1) is 12.4 Å². The Morgan fingerprint density at radius 2 is 2.00 bits per heavy atom. The molecule has 0 unspecified atom stereocenters. The van der Waals surface area contributed by atoms with Crippen LogP contribution in [0.3, 0.4) is 0 Å². The maximum atomic E-state index is 12.9. The van der Waals surface area contributed by atoms with Crippen LogP contribution in [0.1, 0.15) is 19.8 Å². The average molecular weight is 308 g/mol. The number of halogens is 3. The maximum Gasteiger partial charge on any atom is 0.320 e. The van der Waals surface area contributed by atoms with Crippen molar-refractivity contribution in [2.75, 3.05) is 6.54 Å². The number of nitrogens with two attached hydrogens (primary N) is 2. The predicted octanol–water partition coefficient (Wildman–Crippen LogP) is 0.428. The summed E-state index contributed by atoms with van der Waals surface area (Å²) in [4.78, 5) is 14.0. The van der Waals surface area contributed by atoms with E-state index in [1.807, 2.05) is 0 Å². The van der Waals surface area contributed by atoms with E-state index in [1.54, 1.807) is 6.92 Å². The van der Waals surface area contributed by atoms with Gasteiger partial charge in [0.15, 0.2) is 0 Å². The van der Waals surface area contributed by atoms with E-state index >= 15 is 0 Å². The van der Waals surface area contributed by atoms with Gasteiger partial charge in [0.2, 0.25) is 0 Å². The van der Waals surface area contributed by atoms with Gasteiger partial charge in [-0.05, 0) is 19.8 Å². The van der Waals surface area contributed by atoms with E-state index < -0.39 is 17.8 Å². The van der Waals surface area contributed by atoms with E-state index in [0.29, 0.717) is 5.84 Å². The molecule has 0 fully saturated rings. The molecule has 0 aromatic rings. The quantitative estimate of drug-likeness (QED) is 0.484. The molecule has 0 aromatic heterocycles. The van der Waals surface area contributed by atoms with Crippen LogP contribution in [-0.4, -0.2) is 35.0 Å². The van der Waals surface area contributed by atoms with E-state index in [9.17, 15) is 9.18 Å². The van der Waals surface area contributed by atoms with Gasteiger partial charge in [-0.25, -0.2) is 4.39 Å². The number of carboxylic acids is 1. The number of aliphatic carboxylic acids is 1. The number of hydrogen-bond donors (Lipinski definition) is 3. The van der Waals surface area contributed by atoms with Crippen molar-refractivity contribution in [3.05, 3.63) is 11.9 Å². The fraction of sp³-hybridized carbons (Fsp3) is 0.556. The molecule has 7 N–H and O–H groups in total. The molecule has 1 atom stereocenters. The summed E-state index contributed by atoms with van der Waals surface area (Å²) in [5.74, 6) is -1.21. The van der Waals surface area contributed by atoms with Crippen molar-refractivity contribution < 1.29 is 19.8 Å². The molecule has 0 aliphatic rings. The van der Waals surface area contributed by atoms with Gasteiger partial charge in [0.25, 0.3) is 0 Å². The lowest BCUT2D eigenvalue weighted by Crippen LogP contribution is -2.29. The first-order chi connectivity index (χ1) is 6.93. The van der Waals surface area contributed by atoms with Crippen LogP contribution < -0.4 is 11.5 Å². The number of allylic oxidation sites excluding steroid dienone is 1. The Labute approximate surface area is 117 Å². The smallest absolute Gasteiger partial charge is 0.320 e. The van der Waals surface area contributed by atoms with Gasteiger partial charge < -0.3 is 22.1 Å². The molecule has 110 valence electrons. The molecule has 6 nitrogen and oxygen atoms in total. The van der Waals surface area contributed by atoms with E-state index in [4.69, 9.17) is 16.6 Å². The summed E-state index contributed by atoms with van der Waals surface area (Å²) in [5, 5.41) is 8.45. The van der Waals surface area contributed by atoms with E-state index in [2.05, 4.69) is 4.99 Å². The third-order valence-corrected chi connectivity index (χ3v) is 1.64. The van der Waals surface area contributed by atoms with Gasteiger partial charge >= 0.3 is 5.97 Å². The highest BCUT2D eigenvalue weighted by atomic mass is 35.5. The zero-order valence-corrected chi connectivity index (χ0v) is 11.6. The van der Waals surface area contributed by atoms with Crippen molar-refractivity contribution in [3.8, 4) is 0 Å². The summed E-state index contributed by atoms with van der Waals surface area (Å²) in [7, 11) is 0. The Hall–Kier alpha value is -0.890. The topological polar surface area (TPSA) is 133 Å². The van der Waals surface area contributed by atoms with Gasteiger partial charge in [-0.15, -0.1) is 24.8 Å². The Balaban J connectivity index is -0.000000327. The van der Waals surface area contributed by atoms with Crippen LogP contribution in [0.4, 0.5) is 4.39 Å². The normalized spacial score (nSPS) is 12.6. The van der Waals surface area contributed by atoms with Crippen LogP contribution in [0.5, 0.6) is 0 Å². The van der Waals surface area contributed by atoms with Crippen LogP contribution in [0.2, 0.25) is 0 Å². The summed E-state index contributed by atoms with van der Waals surface area (Å²) in [6.07, 6.45) is 1.75. The molecule has 0 aromatic carbocycles. The third-order valence-electron chi connectivity index (χ3n) is 1.64. The van der Waals surface area contributed by atoms with Crippen molar-refractivity contribution in [2.24, 2.45) is 16.5 Å². The van der Waals surface area contributed by atoms with Crippen LogP contribution in [0, 0.1) is 0 Å². The molecular weight excluding hydrogens is 288 g/mol. The number of nitrogens with zero attached hydrogens (tertiary/aromatic N) is 1. The molecular formula is C9H20Cl2FN3O3. The summed E-state index contributed by atoms with van der Waals surface area (Å²) in [5.41, 5.74) is 10.4. The first kappa shape index (κ1) is 25.8. The minimum Gasteiger partial charge on any atom is -0.480 e. The molecule has 0 spiro atoms. The van der Waals surface area contributed by atoms with Crippen LogP contribution in [-0.2, 0) is 4.79 Å². The first-order valence-corrected chi connectivity index (χ1v) is 4.53. The molecule has 0 aliphatic heterocycles. The van der Waals surface area contributed by atoms with Crippen molar-refractivity contribution in [3.63, 3.8) is 0 Å². The number of rotatable bonds is 6. The lowest BCUT2D eigenvalue weighted by molar-refractivity contribution is -0.138. The van der Waals surface area contributed by atoms with E-state index in [1.165, 1.54) is 6.08 Å². The van der Waals surface area contributed by atoms with E-state index in [0.717, 1.165) is 0 Å². The standard InChI is InChI=1S/C9H16FN3O2.2ClH.H2O/c1-6(11)13-5-7(10)3-2-4-8(12)9(14)15;;;/h3,8H,2,4-5,12H2,1H3,(H2,11,13)(H,14,15);2*1H;1H2/b7-3+;;;/t8-;;;/m1.../s1. The highest BCUT2D eigenvalue weighted by molar-refractivity contribution is 5.85. The number of aliphatic imine (C=N–C) groups is 1. The van der Waals surface area contributed by atoms with Crippen molar-refractivity contribution in [2.45, 2.75) is 25.8 Å². The molecule has 0 amide bonds. The van der Waals surface area contributed by atoms with Gasteiger partial charge in [-0.3, -0.25) is 9.79 Å². The fourth-order valence-corrected chi connectivity index (χ4v) is 0.808. The molecule has 0 saturated carbocycles. The summed E-state index contributed by atoms with van der Waals surface area (Å²) >= 11 is 0. The van der Waals surface area contributed by atoms with Gasteiger partial charge in [-0.2, -0.15) is 0 Å². The lowest BCUT2D eigenvalue weighted by atomic mass is 10.1. The Bertz CT molecular complexity index is 284. The largest absolute Gasteiger partial charge is 0.480 e. The minimum atomic E-state index is -1.08. The van der Waals surface area contributed by atoms with Crippen LogP contribution >= 0.6 is 24.8 Å². The van der Waals surface area contributed by atoms with Crippen molar-refractivity contribution >= 4 is 36.6 Å². The summed E-state index contributed by atoms with van der Waals surface area (Å²) < 4.78 is 12.9. The third kappa shape index (κ3) is 15.1. The van der Waals surface area contributed by atoms with Crippen LogP contribution in [0.15, 0.2) is 16.9 Å². The minimum absolute atomic E-state index is 0. The molecule has 0 radical (unpaired) electrons. The second kappa shape index (κ2) is 14.2. The highest BCUT2D eigenvalue weighted by Crippen LogP contribution is 2.03. The van der Waals surface area contributed by atoms with Crippen molar-refractivity contribution in [1.29, 1.82) is 0 Å². The molecule has 0 aliphatic carbocycles. The van der Waals surface area contributed by atoms with Crippen molar-refractivity contribution in [1.82, 2.24) is 0 Å². The molecule has 0 saturated heterocycles. The zero-order valence-electron chi connectivity index (χ0n) is 9.93. The highest BCUT2D eigenvalue weighted by Gasteiger charge is 2.09. The maximum absolute atomic E-state index is 12.9. The molecule has 0 bridgehead atoms. The lowest BCUT2D eigenvalue weighted by Gasteiger charge is -2.02. The number of hydrogen-bond acceptors (Lipinski definition) is 3. The van der Waals surface area contributed by atoms with Gasteiger partial charge in [0.1, 0.15) is 11.9 Å². The molecule has 0 rings (SSSR count). The van der Waals surface area contributed by atoms with Gasteiger partial charge in [0, 0.05) is 0 Å². The fourth-order valence-electron chi connectivity index (χ4n) is 0.808.